The summed E-state index contributed by atoms with van der Waals surface area (Å²) in [7, 11) is 1.66. The van der Waals surface area contributed by atoms with E-state index in [0.717, 1.165) is 30.8 Å². The summed E-state index contributed by atoms with van der Waals surface area (Å²) in [5.41, 5.74) is 0.656. The maximum atomic E-state index is 5.92. The lowest BCUT2D eigenvalue weighted by Gasteiger charge is -2.24. The molecule has 1 heterocycles. The van der Waals surface area contributed by atoms with Crippen LogP contribution in [0, 0.1) is 0 Å². The van der Waals surface area contributed by atoms with Crippen LogP contribution in [-0.2, 0) is 9.47 Å². The number of benzene rings is 1. The highest BCUT2D eigenvalue weighted by molar-refractivity contribution is 5.95. The van der Waals surface area contributed by atoms with Gasteiger partial charge >= 0.3 is 0 Å². The molecule has 0 aliphatic carbocycles. The molecule has 1 aromatic rings. The molecule has 116 valence electrons. The third-order valence-corrected chi connectivity index (χ3v) is 3.89. The SMILES string of the molecule is CCCCOC[C@@]1(C)N=C(c2ccc(OC)cc2)O[C@@H]1C. The summed E-state index contributed by atoms with van der Waals surface area (Å²) in [6.45, 7) is 7.66. The fourth-order valence-corrected chi connectivity index (χ4v) is 2.18. The van der Waals surface area contributed by atoms with Gasteiger partial charge in [-0.15, -0.1) is 0 Å². The van der Waals surface area contributed by atoms with Gasteiger partial charge in [0.05, 0.1) is 13.7 Å². The zero-order valence-corrected chi connectivity index (χ0v) is 13.4. The van der Waals surface area contributed by atoms with E-state index in [2.05, 4.69) is 13.8 Å². The lowest BCUT2D eigenvalue weighted by atomic mass is 9.99. The predicted octanol–water partition coefficient (Wildman–Crippen LogP) is 3.44. The minimum atomic E-state index is -0.316. The monoisotopic (exact) mass is 291 g/mol. The van der Waals surface area contributed by atoms with Crippen molar-refractivity contribution in [1.82, 2.24) is 0 Å². The van der Waals surface area contributed by atoms with Gasteiger partial charge in [-0.3, -0.25) is 0 Å². The zero-order valence-electron chi connectivity index (χ0n) is 13.4. The molecule has 0 fully saturated rings. The Hall–Kier alpha value is -1.55. The van der Waals surface area contributed by atoms with Gasteiger partial charge in [0.1, 0.15) is 17.4 Å². The summed E-state index contributed by atoms with van der Waals surface area (Å²) in [6.07, 6.45) is 2.24. The van der Waals surface area contributed by atoms with Gasteiger partial charge in [-0.2, -0.15) is 0 Å². The number of hydrogen-bond donors (Lipinski definition) is 0. The molecule has 0 aromatic heterocycles. The van der Waals surface area contributed by atoms with Crippen LogP contribution in [0.1, 0.15) is 39.2 Å². The second kappa shape index (κ2) is 6.94. The minimum Gasteiger partial charge on any atom is -0.497 e. The average molecular weight is 291 g/mol. The second-order valence-electron chi connectivity index (χ2n) is 5.67. The Kier molecular flexibility index (Phi) is 5.23. The van der Waals surface area contributed by atoms with E-state index in [9.17, 15) is 0 Å². The van der Waals surface area contributed by atoms with Gasteiger partial charge in [-0.05, 0) is 44.5 Å². The van der Waals surface area contributed by atoms with Crippen molar-refractivity contribution in [2.75, 3.05) is 20.3 Å². The number of hydrogen-bond acceptors (Lipinski definition) is 4. The lowest BCUT2D eigenvalue weighted by Crippen LogP contribution is -2.37. The summed E-state index contributed by atoms with van der Waals surface area (Å²) in [5, 5.41) is 0. The average Bonchev–Trinajstić information content (AvgIpc) is 2.80. The summed E-state index contributed by atoms with van der Waals surface area (Å²) in [5.74, 6) is 1.52. The first-order valence-corrected chi connectivity index (χ1v) is 7.57. The minimum absolute atomic E-state index is 0.0104. The molecule has 0 radical (unpaired) electrons. The largest absolute Gasteiger partial charge is 0.497 e. The highest BCUT2D eigenvalue weighted by Crippen LogP contribution is 2.29. The predicted molar refractivity (Wildman–Crippen MR) is 84.2 cm³/mol. The van der Waals surface area contributed by atoms with Gasteiger partial charge in [0.25, 0.3) is 0 Å². The summed E-state index contributed by atoms with van der Waals surface area (Å²) in [6, 6.07) is 7.76. The quantitative estimate of drug-likeness (QED) is 0.723. The molecule has 0 spiro atoms. The van der Waals surface area contributed by atoms with E-state index in [4.69, 9.17) is 19.2 Å². The van der Waals surface area contributed by atoms with Crippen molar-refractivity contribution < 1.29 is 14.2 Å². The fourth-order valence-electron chi connectivity index (χ4n) is 2.18. The van der Waals surface area contributed by atoms with Crippen LogP contribution in [0.5, 0.6) is 5.75 Å². The Morgan fingerprint density at radius 3 is 2.62 bits per heavy atom. The number of unbranched alkanes of at least 4 members (excludes halogenated alkanes) is 1. The Bertz CT molecular complexity index is 483. The normalized spacial score (nSPS) is 24.6. The Morgan fingerprint density at radius 1 is 1.29 bits per heavy atom. The highest BCUT2D eigenvalue weighted by Gasteiger charge is 2.39. The van der Waals surface area contributed by atoms with Crippen LogP contribution in [0.25, 0.3) is 0 Å². The van der Waals surface area contributed by atoms with Gasteiger partial charge in [-0.1, -0.05) is 13.3 Å². The van der Waals surface area contributed by atoms with Crippen molar-refractivity contribution in [3.8, 4) is 5.75 Å². The van der Waals surface area contributed by atoms with E-state index in [1.807, 2.05) is 31.2 Å². The first-order chi connectivity index (χ1) is 10.1. The molecule has 2 rings (SSSR count). The van der Waals surface area contributed by atoms with Gasteiger partial charge in [0.15, 0.2) is 0 Å². The molecule has 0 bridgehead atoms. The first kappa shape index (κ1) is 15.8. The smallest absolute Gasteiger partial charge is 0.217 e. The van der Waals surface area contributed by atoms with Crippen LogP contribution in [0.3, 0.4) is 0 Å². The maximum Gasteiger partial charge on any atom is 0.217 e. The Labute approximate surface area is 127 Å². The van der Waals surface area contributed by atoms with Crippen molar-refractivity contribution in [1.29, 1.82) is 0 Å². The topological polar surface area (TPSA) is 40.0 Å². The van der Waals surface area contributed by atoms with Crippen molar-refractivity contribution in [3.63, 3.8) is 0 Å². The number of ether oxygens (including phenoxy) is 3. The summed E-state index contributed by atoms with van der Waals surface area (Å²) < 4.78 is 16.8. The molecule has 4 nitrogen and oxygen atoms in total. The molecule has 2 atom stereocenters. The second-order valence-corrected chi connectivity index (χ2v) is 5.67. The highest BCUT2D eigenvalue weighted by atomic mass is 16.5. The summed E-state index contributed by atoms with van der Waals surface area (Å²) in [4.78, 5) is 4.75. The molecular weight excluding hydrogens is 266 g/mol. The van der Waals surface area contributed by atoms with Crippen molar-refractivity contribution in [3.05, 3.63) is 29.8 Å². The third kappa shape index (κ3) is 3.76. The number of methoxy groups -OCH3 is 1. The van der Waals surface area contributed by atoms with E-state index < -0.39 is 0 Å². The number of rotatable bonds is 7. The Morgan fingerprint density at radius 2 is 2.00 bits per heavy atom. The van der Waals surface area contributed by atoms with Gasteiger partial charge < -0.3 is 14.2 Å². The van der Waals surface area contributed by atoms with Crippen LogP contribution in [-0.4, -0.2) is 37.9 Å². The van der Waals surface area contributed by atoms with Crippen LogP contribution in [0.2, 0.25) is 0 Å². The number of aliphatic imine (C=N–C) groups is 1. The molecule has 21 heavy (non-hydrogen) atoms. The number of nitrogens with zero attached hydrogens (tertiary/aromatic N) is 1. The molecule has 0 saturated carbocycles. The molecule has 1 aromatic carbocycles. The van der Waals surface area contributed by atoms with Crippen molar-refractivity contribution in [2.24, 2.45) is 4.99 Å². The molecule has 1 aliphatic heterocycles. The summed E-state index contributed by atoms with van der Waals surface area (Å²) >= 11 is 0. The van der Waals surface area contributed by atoms with Crippen molar-refractivity contribution in [2.45, 2.75) is 45.3 Å². The molecule has 0 amide bonds. The standard InChI is InChI=1S/C17H25NO3/c1-5-6-11-20-12-17(3)13(2)21-16(18-17)14-7-9-15(19-4)10-8-14/h7-10,13H,5-6,11-12H2,1-4H3/t13-,17-/m1/s1. The molecule has 0 N–H and O–H groups in total. The van der Waals surface area contributed by atoms with E-state index >= 15 is 0 Å². The lowest BCUT2D eigenvalue weighted by molar-refractivity contribution is 0.0500. The molecule has 0 saturated heterocycles. The van der Waals surface area contributed by atoms with Gasteiger partial charge in [0, 0.05) is 12.2 Å². The molecule has 4 heteroatoms. The van der Waals surface area contributed by atoms with Crippen LogP contribution < -0.4 is 4.74 Å². The van der Waals surface area contributed by atoms with Crippen LogP contribution in [0.4, 0.5) is 0 Å². The zero-order chi connectivity index (χ0) is 15.3. The van der Waals surface area contributed by atoms with Gasteiger partial charge in [-0.25, -0.2) is 4.99 Å². The van der Waals surface area contributed by atoms with Crippen molar-refractivity contribution >= 4 is 5.90 Å². The fraction of sp³-hybridized carbons (Fsp3) is 0.588. The Balaban J connectivity index is 2.05. The molecule has 1 aliphatic rings. The van der Waals surface area contributed by atoms with Crippen LogP contribution in [0.15, 0.2) is 29.3 Å². The van der Waals surface area contributed by atoms with E-state index in [0.29, 0.717) is 12.5 Å². The van der Waals surface area contributed by atoms with E-state index in [-0.39, 0.29) is 11.6 Å². The molecular formula is C17H25NO3. The van der Waals surface area contributed by atoms with E-state index in [1.54, 1.807) is 7.11 Å². The first-order valence-electron chi connectivity index (χ1n) is 7.57. The van der Waals surface area contributed by atoms with Gasteiger partial charge in [0.2, 0.25) is 5.90 Å². The maximum absolute atomic E-state index is 5.92. The van der Waals surface area contributed by atoms with Crippen LogP contribution >= 0.6 is 0 Å². The third-order valence-electron chi connectivity index (χ3n) is 3.89. The van der Waals surface area contributed by atoms with E-state index in [1.165, 1.54) is 0 Å². The molecule has 0 unspecified atom stereocenters.